The van der Waals surface area contributed by atoms with E-state index >= 15 is 0 Å². The largest absolute Gasteiger partial charge is 0.322 e. The van der Waals surface area contributed by atoms with Crippen molar-refractivity contribution in [2.75, 3.05) is 5.88 Å². The smallest absolute Gasteiger partial charge is 0.0758 e. The van der Waals surface area contributed by atoms with E-state index in [0.29, 0.717) is 5.88 Å². The van der Waals surface area contributed by atoms with Gasteiger partial charge in [-0.3, -0.25) is 4.99 Å². The summed E-state index contributed by atoms with van der Waals surface area (Å²) >= 11 is 1.58. The number of nitrogens with two attached hydrogens (primary N) is 1. The highest BCUT2D eigenvalue weighted by molar-refractivity contribution is 7.99. The van der Waals surface area contributed by atoms with Crippen LogP contribution in [0.5, 0.6) is 0 Å². The van der Waals surface area contributed by atoms with Gasteiger partial charge in [-0.05, 0) is 31.3 Å². The quantitative estimate of drug-likeness (QED) is 0.440. The van der Waals surface area contributed by atoms with Crippen LogP contribution in [0.2, 0.25) is 0 Å². The van der Waals surface area contributed by atoms with Crippen molar-refractivity contribution in [2.24, 2.45) is 10.7 Å². The highest BCUT2D eigenvalue weighted by Gasteiger charge is 1.99. The van der Waals surface area contributed by atoms with Crippen molar-refractivity contribution >= 4 is 24.2 Å². The Labute approximate surface area is 76.9 Å². The van der Waals surface area contributed by atoms with E-state index in [4.69, 9.17) is 5.73 Å². The molecule has 3 heteroatoms. The molecule has 0 bridgehead atoms. The Balaban J connectivity index is 3.03. The number of nitrogens with zero attached hydrogens (tertiary/aromatic N) is 1. The summed E-state index contributed by atoms with van der Waals surface area (Å²) in [6.07, 6.45) is 0. The summed E-state index contributed by atoms with van der Waals surface area (Å²) in [7, 11) is 0. The molecule has 0 fully saturated rings. The van der Waals surface area contributed by atoms with Crippen LogP contribution in [0, 0.1) is 6.92 Å². The van der Waals surface area contributed by atoms with Crippen molar-refractivity contribution in [3.63, 3.8) is 0 Å². The van der Waals surface area contributed by atoms with Gasteiger partial charge in [0.2, 0.25) is 0 Å². The molecule has 12 heavy (non-hydrogen) atoms. The van der Waals surface area contributed by atoms with Gasteiger partial charge in [0.15, 0.2) is 0 Å². The van der Waals surface area contributed by atoms with Gasteiger partial charge >= 0.3 is 0 Å². The molecule has 1 aromatic carbocycles. The van der Waals surface area contributed by atoms with Crippen molar-refractivity contribution in [1.29, 1.82) is 0 Å². The third kappa shape index (κ3) is 2.09. The van der Waals surface area contributed by atoms with Gasteiger partial charge < -0.3 is 5.73 Å². The molecule has 64 valence electrons. The molecule has 1 aromatic rings. The number of benzene rings is 1. The number of hydrogen-bond acceptors (Lipinski definition) is 3. The van der Waals surface area contributed by atoms with E-state index in [0.717, 1.165) is 10.6 Å². The van der Waals surface area contributed by atoms with Crippen LogP contribution in [-0.4, -0.2) is 12.6 Å². The van der Waals surface area contributed by atoms with Gasteiger partial charge in [0.1, 0.15) is 0 Å². The van der Waals surface area contributed by atoms with Gasteiger partial charge in [-0.2, -0.15) is 0 Å². The van der Waals surface area contributed by atoms with Crippen molar-refractivity contribution < 1.29 is 0 Å². The summed E-state index contributed by atoms with van der Waals surface area (Å²) in [6, 6.07) is 6.05. The molecule has 0 saturated carbocycles. The van der Waals surface area contributed by atoms with Gasteiger partial charge in [0.25, 0.3) is 0 Å². The lowest BCUT2D eigenvalue weighted by Crippen LogP contribution is -1.92. The number of aryl methyl sites for hydroxylation is 1. The molecule has 0 radical (unpaired) electrons. The SMILES string of the molecule is C=Nc1ccc(C)cc1SCN. The molecule has 0 heterocycles. The van der Waals surface area contributed by atoms with Crippen LogP contribution in [-0.2, 0) is 0 Å². The predicted octanol–water partition coefficient (Wildman–Crippen LogP) is 2.34. The fourth-order valence-corrected chi connectivity index (χ4v) is 1.69. The zero-order valence-corrected chi connectivity index (χ0v) is 7.90. The Morgan fingerprint density at radius 1 is 1.58 bits per heavy atom. The van der Waals surface area contributed by atoms with E-state index in [1.807, 2.05) is 19.1 Å². The molecule has 2 N–H and O–H groups in total. The lowest BCUT2D eigenvalue weighted by molar-refractivity contribution is 1.31. The lowest BCUT2D eigenvalue weighted by Gasteiger charge is -2.03. The van der Waals surface area contributed by atoms with Crippen molar-refractivity contribution in [3.05, 3.63) is 23.8 Å². The van der Waals surface area contributed by atoms with Crippen molar-refractivity contribution in [2.45, 2.75) is 11.8 Å². The van der Waals surface area contributed by atoms with Gasteiger partial charge in [0, 0.05) is 10.8 Å². The van der Waals surface area contributed by atoms with E-state index in [1.54, 1.807) is 11.8 Å². The Hall–Kier alpha value is -0.800. The van der Waals surface area contributed by atoms with E-state index < -0.39 is 0 Å². The summed E-state index contributed by atoms with van der Waals surface area (Å²) in [6.45, 7) is 5.55. The Kier molecular flexibility index (Phi) is 3.31. The number of aliphatic imine (C=N–C) groups is 1. The van der Waals surface area contributed by atoms with Crippen LogP contribution in [0.15, 0.2) is 28.1 Å². The van der Waals surface area contributed by atoms with Gasteiger partial charge in [0.05, 0.1) is 5.69 Å². The first-order chi connectivity index (χ1) is 5.77. The van der Waals surface area contributed by atoms with E-state index in [-0.39, 0.29) is 0 Å². The van der Waals surface area contributed by atoms with Crippen LogP contribution in [0.4, 0.5) is 5.69 Å². The first-order valence-electron chi connectivity index (χ1n) is 3.68. The normalized spacial score (nSPS) is 9.83. The first-order valence-corrected chi connectivity index (χ1v) is 4.66. The van der Waals surface area contributed by atoms with Crippen LogP contribution in [0.3, 0.4) is 0 Å². The molecule has 1 rings (SSSR count). The standard InChI is InChI=1S/C9H12N2S/c1-7-3-4-8(11-2)9(5-7)12-6-10/h3-5H,2,6,10H2,1H3. The highest BCUT2D eigenvalue weighted by Crippen LogP contribution is 2.28. The summed E-state index contributed by atoms with van der Waals surface area (Å²) in [5.41, 5.74) is 7.57. The fraction of sp³-hybridized carbons (Fsp3) is 0.222. The molecule has 0 atom stereocenters. The number of rotatable bonds is 3. The predicted molar refractivity (Wildman–Crippen MR) is 55.3 cm³/mol. The van der Waals surface area contributed by atoms with Crippen molar-refractivity contribution in [3.8, 4) is 0 Å². The third-order valence-corrected chi connectivity index (χ3v) is 2.33. The maximum atomic E-state index is 5.44. The molecule has 0 saturated heterocycles. The average Bonchev–Trinajstić information content (AvgIpc) is 2.05. The zero-order chi connectivity index (χ0) is 8.97. The van der Waals surface area contributed by atoms with E-state index in [2.05, 4.69) is 17.8 Å². The topological polar surface area (TPSA) is 38.4 Å². The molecule has 0 spiro atoms. The monoisotopic (exact) mass is 180 g/mol. The second-order valence-electron chi connectivity index (χ2n) is 2.44. The van der Waals surface area contributed by atoms with Crippen LogP contribution < -0.4 is 5.73 Å². The molecule has 2 nitrogen and oxygen atoms in total. The Bertz CT molecular complexity index is 284. The molecule has 0 aromatic heterocycles. The summed E-state index contributed by atoms with van der Waals surface area (Å²) in [4.78, 5) is 5.01. The Morgan fingerprint density at radius 2 is 2.33 bits per heavy atom. The maximum absolute atomic E-state index is 5.44. The van der Waals surface area contributed by atoms with Gasteiger partial charge in [-0.15, -0.1) is 11.8 Å². The second kappa shape index (κ2) is 4.28. The van der Waals surface area contributed by atoms with Gasteiger partial charge in [-0.25, -0.2) is 0 Å². The minimum absolute atomic E-state index is 0.575. The lowest BCUT2D eigenvalue weighted by atomic mass is 10.2. The maximum Gasteiger partial charge on any atom is 0.0758 e. The molecular weight excluding hydrogens is 168 g/mol. The number of hydrogen-bond donors (Lipinski definition) is 1. The molecular formula is C9H12N2S. The fourth-order valence-electron chi connectivity index (χ4n) is 0.957. The average molecular weight is 180 g/mol. The summed E-state index contributed by atoms with van der Waals surface area (Å²) in [5, 5.41) is 0. The molecule has 0 aliphatic carbocycles. The van der Waals surface area contributed by atoms with Gasteiger partial charge in [-0.1, -0.05) is 6.07 Å². The zero-order valence-electron chi connectivity index (χ0n) is 7.08. The van der Waals surface area contributed by atoms with E-state index in [1.165, 1.54) is 5.56 Å². The summed E-state index contributed by atoms with van der Waals surface area (Å²) in [5.74, 6) is 0.575. The molecule has 0 aliphatic rings. The highest BCUT2D eigenvalue weighted by atomic mass is 32.2. The second-order valence-corrected chi connectivity index (χ2v) is 3.50. The third-order valence-electron chi connectivity index (χ3n) is 1.52. The minimum Gasteiger partial charge on any atom is -0.322 e. The minimum atomic E-state index is 0.575. The van der Waals surface area contributed by atoms with Crippen LogP contribution in [0.1, 0.15) is 5.56 Å². The van der Waals surface area contributed by atoms with E-state index in [9.17, 15) is 0 Å². The molecule has 0 aliphatic heterocycles. The van der Waals surface area contributed by atoms with Crippen molar-refractivity contribution in [1.82, 2.24) is 0 Å². The summed E-state index contributed by atoms with van der Waals surface area (Å²) < 4.78 is 0. The molecule has 0 unspecified atom stereocenters. The van der Waals surface area contributed by atoms with Crippen LogP contribution in [0.25, 0.3) is 0 Å². The number of thioether (sulfide) groups is 1. The van der Waals surface area contributed by atoms with Crippen LogP contribution >= 0.6 is 11.8 Å². The molecule has 0 amide bonds. The Morgan fingerprint density at radius 3 is 2.92 bits per heavy atom. The first kappa shape index (κ1) is 9.29.